The second-order valence-electron chi connectivity index (χ2n) is 8.06. The summed E-state index contributed by atoms with van der Waals surface area (Å²) in [5, 5.41) is 2.96. The number of amides is 1. The zero-order valence-electron chi connectivity index (χ0n) is 18.1. The van der Waals surface area contributed by atoms with E-state index in [0.29, 0.717) is 23.7 Å². The lowest BCUT2D eigenvalue weighted by Gasteiger charge is -2.24. The molecule has 31 heavy (non-hydrogen) atoms. The van der Waals surface area contributed by atoms with Crippen molar-refractivity contribution < 1.29 is 18.0 Å². The van der Waals surface area contributed by atoms with Crippen LogP contribution < -0.4 is 10.0 Å². The van der Waals surface area contributed by atoms with Crippen LogP contribution in [-0.4, -0.2) is 50.7 Å². The zero-order valence-corrected chi connectivity index (χ0v) is 18.9. The number of Topliss-reactive ketones (excluding diaryl/α,β-unsaturated/α-hetero) is 1. The molecule has 0 aromatic heterocycles. The lowest BCUT2D eigenvalue weighted by Crippen LogP contribution is -2.41. The highest BCUT2D eigenvalue weighted by Crippen LogP contribution is 2.26. The van der Waals surface area contributed by atoms with Crippen molar-refractivity contribution in [3.8, 4) is 0 Å². The highest BCUT2D eigenvalue weighted by molar-refractivity contribution is 7.89. The number of ketones is 1. The number of carbonyl (C=O) groups excluding carboxylic acids is 2. The van der Waals surface area contributed by atoms with E-state index in [-0.39, 0.29) is 29.2 Å². The molecule has 2 aromatic carbocycles. The molecule has 2 N–H and O–H groups in total. The Morgan fingerprint density at radius 3 is 2.16 bits per heavy atom. The van der Waals surface area contributed by atoms with E-state index in [4.69, 9.17) is 0 Å². The molecule has 0 aliphatic heterocycles. The van der Waals surface area contributed by atoms with Gasteiger partial charge in [0.05, 0.1) is 4.90 Å². The van der Waals surface area contributed by atoms with Gasteiger partial charge in [0.2, 0.25) is 10.0 Å². The van der Waals surface area contributed by atoms with E-state index in [9.17, 15) is 18.0 Å². The summed E-state index contributed by atoms with van der Waals surface area (Å²) < 4.78 is 27.4. The van der Waals surface area contributed by atoms with Gasteiger partial charge in [-0.15, -0.1) is 0 Å². The van der Waals surface area contributed by atoms with Crippen LogP contribution in [0.1, 0.15) is 53.0 Å². The van der Waals surface area contributed by atoms with Crippen molar-refractivity contribution in [2.24, 2.45) is 0 Å². The molecular formula is C23H29N3O4S. The van der Waals surface area contributed by atoms with Gasteiger partial charge >= 0.3 is 0 Å². The first-order valence-corrected chi connectivity index (χ1v) is 11.9. The number of carbonyl (C=O) groups is 2. The van der Waals surface area contributed by atoms with E-state index in [1.807, 2.05) is 0 Å². The lowest BCUT2D eigenvalue weighted by molar-refractivity contribution is 0.0938. The number of hydrogen-bond donors (Lipinski definition) is 2. The maximum absolute atomic E-state index is 12.5. The Labute approximate surface area is 183 Å². The highest BCUT2D eigenvalue weighted by Gasteiger charge is 2.29. The SMILES string of the molecule is CC(=O)c1ccc(S(=O)(=O)NCc2ccc(C(=O)NCC(C)N(C)C3CC3)cc2)cc1. The molecular weight excluding hydrogens is 414 g/mol. The van der Waals surface area contributed by atoms with Crippen molar-refractivity contribution >= 4 is 21.7 Å². The fourth-order valence-corrected chi connectivity index (χ4v) is 4.25. The molecule has 0 radical (unpaired) electrons. The van der Waals surface area contributed by atoms with Gasteiger partial charge < -0.3 is 5.32 Å². The van der Waals surface area contributed by atoms with Crippen molar-refractivity contribution in [1.29, 1.82) is 0 Å². The average molecular weight is 444 g/mol. The molecule has 7 nitrogen and oxygen atoms in total. The van der Waals surface area contributed by atoms with Gasteiger partial charge in [-0.2, -0.15) is 0 Å². The second kappa shape index (κ2) is 9.72. The number of rotatable bonds is 10. The van der Waals surface area contributed by atoms with Gasteiger partial charge in [-0.3, -0.25) is 14.5 Å². The molecule has 1 aliphatic carbocycles. The number of nitrogens with zero attached hydrogens (tertiary/aromatic N) is 1. The molecule has 3 rings (SSSR count). The molecule has 1 saturated carbocycles. The minimum Gasteiger partial charge on any atom is -0.350 e. The van der Waals surface area contributed by atoms with Crippen molar-refractivity contribution in [2.75, 3.05) is 13.6 Å². The van der Waals surface area contributed by atoms with Gasteiger partial charge in [-0.1, -0.05) is 24.3 Å². The van der Waals surface area contributed by atoms with E-state index >= 15 is 0 Å². The maximum Gasteiger partial charge on any atom is 0.251 e. The van der Waals surface area contributed by atoms with Crippen molar-refractivity contribution in [3.63, 3.8) is 0 Å². The van der Waals surface area contributed by atoms with Crippen LogP contribution in [0.2, 0.25) is 0 Å². The summed E-state index contributed by atoms with van der Waals surface area (Å²) >= 11 is 0. The van der Waals surface area contributed by atoms with E-state index in [1.165, 1.54) is 44.0 Å². The van der Waals surface area contributed by atoms with Gasteiger partial charge in [0.25, 0.3) is 5.91 Å². The Hall–Kier alpha value is -2.55. The average Bonchev–Trinajstić information content (AvgIpc) is 3.61. The number of likely N-dealkylation sites (N-methyl/N-ethyl adjacent to an activating group) is 1. The molecule has 8 heteroatoms. The lowest BCUT2D eigenvalue weighted by atomic mass is 10.1. The van der Waals surface area contributed by atoms with E-state index in [1.54, 1.807) is 24.3 Å². The first-order chi connectivity index (χ1) is 14.7. The monoisotopic (exact) mass is 443 g/mol. The summed E-state index contributed by atoms with van der Waals surface area (Å²) in [5.41, 5.74) is 1.73. The van der Waals surface area contributed by atoms with Crippen LogP contribution in [0.25, 0.3) is 0 Å². The van der Waals surface area contributed by atoms with Gasteiger partial charge in [0.15, 0.2) is 5.78 Å². The predicted molar refractivity (Wildman–Crippen MR) is 119 cm³/mol. The number of nitrogens with one attached hydrogen (secondary N) is 2. The second-order valence-corrected chi connectivity index (χ2v) is 9.82. The van der Waals surface area contributed by atoms with Gasteiger partial charge in [-0.05, 0) is 63.6 Å². The molecule has 1 amide bonds. The van der Waals surface area contributed by atoms with Crippen LogP contribution in [-0.2, 0) is 16.6 Å². The summed E-state index contributed by atoms with van der Waals surface area (Å²) in [6, 6.07) is 13.6. The first kappa shape index (κ1) is 23.1. The van der Waals surface area contributed by atoms with E-state index < -0.39 is 10.0 Å². The Bertz CT molecular complexity index is 1030. The van der Waals surface area contributed by atoms with Crippen LogP contribution in [0.3, 0.4) is 0 Å². The predicted octanol–water partition coefficient (Wildman–Crippen LogP) is 2.58. The Morgan fingerprint density at radius 2 is 1.61 bits per heavy atom. The van der Waals surface area contributed by atoms with Crippen LogP contribution in [0, 0.1) is 0 Å². The summed E-state index contributed by atoms with van der Waals surface area (Å²) in [4.78, 5) is 26.1. The van der Waals surface area contributed by atoms with E-state index in [0.717, 1.165) is 5.56 Å². The largest absolute Gasteiger partial charge is 0.350 e. The fourth-order valence-electron chi connectivity index (χ4n) is 3.23. The molecule has 0 saturated heterocycles. The third-order valence-corrected chi connectivity index (χ3v) is 7.05. The number of hydrogen-bond acceptors (Lipinski definition) is 5. The molecule has 2 aromatic rings. The van der Waals surface area contributed by atoms with Crippen molar-refractivity contribution in [2.45, 2.75) is 50.2 Å². The molecule has 0 heterocycles. The molecule has 1 unspecified atom stereocenters. The molecule has 166 valence electrons. The fraction of sp³-hybridized carbons (Fsp3) is 0.391. The topological polar surface area (TPSA) is 95.6 Å². The van der Waals surface area contributed by atoms with Crippen LogP contribution >= 0.6 is 0 Å². The third kappa shape index (κ3) is 6.22. The van der Waals surface area contributed by atoms with E-state index in [2.05, 4.69) is 28.9 Å². The summed E-state index contributed by atoms with van der Waals surface area (Å²) in [6.45, 7) is 4.21. The number of benzene rings is 2. The molecule has 0 bridgehead atoms. The minimum absolute atomic E-state index is 0.0961. The summed E-state index contributed by atoms with van der Waals surface area (Å²) in [5.74, 6) is -0.265. The van der Waals surface area contributed by atoms with Crippen molar-refractivity contribution in [1.82, 2.24) is 14.9 Å². The van der Waals surface area contributed by atoms with Gasteiger partial charge in [0, 0.05) is 36.3 Å². The molecule has 1 aliphatic rings. The third-order valence-electron chi connectivity index (χ3n) is 5.63. The first-order valence-electron chi connectivity index (χ1n) is 10.4. The van der Waals surface area contributed by atoms with Crippen LogP contribution in [0.15, 0.2) is 53.4 Å². The highest BCUT2D eigenvalue weighted by atomic mass is 32.2. The Balaban J connectivity index is 1.52. The van der Waals surface area contributed by atoms with Gasteiger partial charge in [0.1, 0.15) is 0 Å². The summed E-state index contributed by atoms with van der Waals surface area (Å²) in [6.07, 6.45) is 2.45. The van der Waals surface area contributed by atoms with Crippen molar-refractivity contribution in [3.05, 3.63) is 65.2 Å². The smallest absolute Gasteiger partial charge is 0.251 e. The molecule has 0 spiro atoms. The Kier molecular flexibility index (Phi) is 7.25. The minimum atomic E-state index is -3.70. The maximum atomic E-state index is 12.5. The molecule has 1 fully saturated rings. The Morgan fingerprint density at radius 1 is 1.03 bits per heavy atom. The standard InChI is InChI=1S/C23H29N3O4S/c1-16(26(3)21-10-11-21)14-24-23(28)20-6-4-18(5-7-20)15-25-31(29,30)22-12-8-19(9-13-22)17(2)27/h4-9,12-13,16,21,25H,10-11,14-15H2,1-3H3,(H,24,28). The van der Waals surface area contributed by atoms with Crippen LogP contribution in [0.5, 0.6) is 0 Å². The zero-order chi connectivity index (χ0) is 22.6. The summed E-state index contributed by atoms with van der Waals surface area (Å²) in [7, 11) is -1.62. The van der Waals surface area contributed by atoms with Gasteiger partial charge in [-0.25, -0.2) is 13.1 Å². The van der Waals surface area contributed by atoms with Crippen LogP contribution in [0.4, 0.5) is 0 Å². The normalized spacial score (nSPS) is 15.0. The number of sulfonamides is 1. The quantitative estimate of drug-likeness (QED) is 0.551. The molecule has 1 atom stereocenters.